The van der Waals surface area contributed by atoms with Crippen LogP contribution in [0.5, 0.6) is 0 Å². The number of nitriles is 1. The standard InChI is InChI=1S/C30H26ClN3O3S/c1-20-27(30(36)37-18-22-10-6-3-7-11-22)28(23-12-14-24(31)15-13-23)25(16-32)29(34-20)38-19-26(35)33-17-21-8-4-2-5-9-21/h2-15,28,34H,17-19H2,1H3,(H,33,35). The Labute approximate surface area is 231 Å². The largest absolute Gasteiger partial charge is 0.457 e. The smallest absolute Gasteiger partial charge is 0.337 e. The first kappa shape index (κ1) is 27.1. The van der Waals surface area contributed by atoms with Crippen molar-refractivity contribution >= 4 is 35.2 Å². The van der Waals surface area contributed by atoms with Gasteiger partial charge in [-0.3, -0.25) is 4.79 Å². The lowest BCUT2D eigenvalue weighted by Gasteiger charge is -2.29. The third-order valence-electron chi connectivity index (χ3n) is 5.96. The molecule has 8 heteroatoms. The first-order valence-electron chi connectivity index (χ1n) is 12.0. The van der Waals surface area contributed by atoms with E-state index >= 15 is 0 Å². The third-order valence-corrected chi connectivity index (χ3v) is 7.23. The predicted molar refractivity (Wildman–Crippen MR) is 150 cm³/mol. The number of halogens is 1. The second-order valence-corrected chi connectivity index (χ2v) is 10.0. The van der Waals surface area contributed by atoms with E-state index in [1.807, 2.05) is 60.7 Å². The summed E-state index contributed by atoms with van der Waals surface area (Å²) in [7, 11) is 0. The lowest BCUT2D eigenvalue weighted by Crippen LogP contribution is -2.30. The summed E-state index contributed by atoms with van der Waals surface area (Å²) in [6.07, 6.45) is 0. The molecule has 2 N–H and O–H groups in total. The minimum absolute atomic E-state index is 0.106. The van der Waals surface area contributed by atoms with Crippen LogP contribution in [-0.2, 0) is 27.5 Å². The highest BCUT2D eigenvalue weighted by atomic mass is 35.5. The molecule has 1 unspecified atom stereocenters. The molecule has 0 radical (unpaired) electrons. The zero-order valence-corrected chi connectivity index (χ0v) is 22.3. The van der Waals surface area contributed by atoms with Gasteiger partial charge < -0.3 is 15.4 Å². The van der Waals surface area contributed by atoms with Crippen molar-refractivity contribution in [1.29, 1.82) is 5.26 Å². The topological polar surface area (TPSA) is 91.2 Å². The van der Waals surface area contributed by atoms with Gasteiger partial charge in [0, 0.05) is 17.3 Å². The molecular formula is C30H26ClN3O3S. The van der Waals surface area contributed by atoms with Gasteiger partial charge >= 0.3 is 5.97 Å². The van der Waals surface area contributed by atoms with Crippen LogP contribution in [0.4, 0.5) is 0 Å². The number of carbonyl (C=O) groups is 2. The Morgan fingerprint density at radius 2 is 1.63 bits per heavy atom. The summed E-state index contributed by atoms with van der Waals surface area (Å²) in [5.41, 5.74) is 3.83. The van der Waals surface area contributed by atoms with Crippen LogP contribution in [0, 0.1) is 11.3 Å². The van der Waals surface area contributed by atoms with Gasteiger partial charge in [-0.05, 0) is 35.7 Å². The zero-order valence-electron chi connectivity index (χ0n) is 20.7. The predicted octanol–water partition coefficient (Wildman–Crippen LogP) is 5.83. The summed E-state index contributed by atoms with van der Waals surface area (Å²) >= 11 is 7.34. The van der Waals surface area contributed by atoms with E-state index in [-0.39, 0.29) is 18.3 Å². The number of allylic oxidation sites excluding steroid dienone is 2. The van der Waals surface area contributed by atoms with Crippen LogP contribution >= 0.6 is 23.4 Å². The molecule has 3 aromatic carbocycles. The monoisotopic (exact) mass is 543 g/mol. The quantitative estimate of drug-likeness (QED) is 0.330. The maximum absolute atomic E-state index is 13.3. The van der Waals surface area contributed by atoms with Crippen molar-refractivity contribution in [3.8, 4) is 6.07 Å². The summed E-state index contributed by atoms with van der Waals surface area (Å²) in [5.74, 6) is -1.24. The first-order valence-corrected chi connectivity index (χ1v) is 13.3. The number of benzene rings is 3. The van der Waals surface area contributed by atoms with Crippen LogP contribution in [0.3, 0.4) is 0 Å². The number of amides is 1. The molecule has 1 heterocycles. The number of esters is 1. The van der Waals surface area contributed by atoms with Gasteiger partial charge in [0.05, 0.1) is 33.9 Å². The summed E-state index contributed by atoms with van der Waals surface area (Å²) in [6.45, 7) is 2.30. The van der Waals surface area contributed by atoms with Crippen molar-refractivity contribution in [2.45, 2.75) is 26.0 Å². The fraction of sp³-hybridized carbons (Fsp3) is 0.167. The van der Waals surface area contributed by atoms with Crippen molar-refractivity contribution in [2.75, 3.05) is 5.75 Å². The van der Waals surface area contributed by atoms with Crippen LogP contribution in [0.25, 0.3) is 0 Å². The molecular weight excluding hydrogens is 518 g/mol. The fourth-order valence-corrected chi connectivity index (χ4v) is 5.12. The number of nitrogens with one attached hydrogen (secondary N) is 2. The van der Waals surface area contributed by atoms with Gasteiger partial charge in [0.1, 0.15) is 6.61 Å². The number of rotatable bonds is 9. The fourth-order valence-electron chi connectivity index (χ4n) is 4.07. The lowest BCUT2D eigenvalue weighted by atomic mass is 9.82. The van der Waals surface area contributed by atoms with Crippen LogP contribution in [0.2, 0.25) is 5.02 Å². The highest BCUT2D eigenvalue weighted by Crippen LogP contribution is 2.41. The summed E-state index contributed by atoms with van der Waals surface area (Å²) in [4.78, 5) is 25.9. The normalized spacial score (nSPS) is 14.9. The molecule has 1 aliphatic heterocycles. The molecule has 0 saturated heterocycles. The highest BCUT2D eigenvalue weighted by Gasteiger charge is 2.35. The Kier molecular flexibility index (Phi) is 9.26. The average Bonchev–Trinajstić information content (AvgIpc) is 2.95. The Balaban J connectivity index is 1.55. The lowest BCUT2D eigenvalue weighted by molar-refractivity contribution is -0.140. The van der Waals surface area contributed by atoms with Crippen LogP contribution < -0.4 is 10.6 Å². The zero-order chi connectivity index (χ0) is 26.9. The molecule has 1 amide bonds. The first-order chi connectivity index (χ1) is 18.5. The molecule has 0 bridgehead atoms. The van der Waals surface area contributed by atoms with Gasteiger partial charge in [-0.15, -0.1) is 0 Å². The maximum atomic E-state index is 13.3. The van der Waals surface area contributed by atoms with E-state index in [1.165, 1.54) is 11.8 Å². The number of hydrogen-bond acceptors (Lipinski definition) is 6. The Morgan fingerprint density at radius 1 is 1.00 bits per heavy atom. The SMILES string of the molecule is CC1=C(C(=O)OCc2ccccc2)C(c2ccc(Cl)cc2)C(C#N)=C(SCC(=O)NCc2ccccc2)N1. The number of carbonyl (C=O) groups excluding carboxylic acids is 2. The molecule has 38 heavy (non-hydrogen) atoms. The van der Waals surface area contributed by atoms with E-state index in [4.69, 9.17) is 16.3 Å². The van der Waals surface area contributed by atoms with Gasteiger partial charge in [0.2, 0.25) is 5.91 Å². The van der Waals surface area contributed by atoms with Crippen molar-refractivity contribution < 1.29 is 14.3 Å². The second kappa shape index (κ2) is 13.0. The van der Waals surface area contributed by atoms with Crippen molar-refractivity contribution in [3.05, 3.63) is 129 Å². The number of ether oxygens (including phenoxy) is 1. The minimum atomic E-state index is -0.670. The molecule has 0 aromatic heterocycles. The summed E-state index contributed by atoms with van der Waals surface area (Å²) in [5, 5.41) is 17.3. The van der Waals surface area contributed by atoms with Crippen molar-refractivity contribution in [1.82, 2.24) is 10.6 Å². The molecule has 3 aromatic rings. The molecule has 0 saturated carbocycles. The van der Waals surface area contributed by atoms with Crippen LogP contribution in [-0.4, -0.2) is 17.6 Å². The Morgan fingerprint density at radius 3 is 2.26 bits per heavy atom. The number of dihydropyridines is 1. The molecule has 0 aliphatic carbocycles. The van der Waals surface area contributed by atoms with E-state index < -0.39 is 11.9 Å². The van der Waals surface area contributed by atoms with Gasteiger partial charge in [-0.1, -0.05) is 96.2 Å². The highest BCUT2D eigenvalue weighted by molar-refractivity contribution is 8.03. The van der Waals surface area contributed by atoms with Gasteiger partial charge in [0.15, 0.2) is 0 Å². The summed E-state index contributed by atoms with van der Waals surface area (Å²) < 4.78 is 5.65. The van der Waals surface area contributed by atoms with Gasteiger partial charge in [-0.25, -0.2) is 4.79 Å². The van der Waals surface area contributed by atoms with E-state index in [2.05, 4.69) is 16.7 Å². The molecule has 6 nitrogen and oxygen atoms in total. The number of nitrogens with zero attached hydrogens (tertiary/aromatic N) is 1. The Hall–Kier alpha value is -3.99. The van der Waals surface area contributed by atoms with E-state index in [0.717, 1.165) is 16.7 Å². The second-order valence-electron chi connectivity index (χ2n) is 8.62. The van der Waals surface area contributed by atoms with Gasteiger partial charge in [-0.2, -0.15) is 5.26 Å². The van der Waals surface area contributed by atoms with Crippen LogP contribution in [0.1, 0.15) is 29.5 Å². The molecule has 192 valence electrons. The molecule has 4 rings (SSSR count). The molecule has 1 aliphatic rings. The van der Waals surface area contributed by atoms with E-state index in [0.29, 0.717) is 33.4 Å². The van der Waals surface area contributed by atoms with Gasteiger partial charge in [0.25, 0.3) is 0 Å². The number of hydrogen-bond donors (Lipinski definition) is 2. The molecule has 0 spiro atoms. The number of thioether (sulfide) groups is 1. The van der Waals surface area contributed by atoms with Crippen molar-refractivity contribution in [2.24, 2.45) is 0 Å². The van der Waals surface area contributed by atoms with E-state index in [9.17, 15) is 14.9 Å². The maximum Gasteiger partial charge on any atom is 0.337 e. The molecule has 1 atom stereocenters. The summed E-state index contributed by atoms with van der Waals surface area (Å²) in [6, 6.07) is 28.3. The third kappa shape index (κ3) is 6.86. The minimum Gasteiger partial charge on any atom is -0.457 e. The molecule has 0 fully saturated rings. The average molecular weight is 544 g/mol. The van der Waals surface area contributed by atoms with E-state index in [1.54, 1.807) is 31.2 Å². The Bertz CT molecular complexity index is 1400. The van der Waals surface area contributed by atoms with Crippen molar-refractivity contribution in [3.63, 3.8) is 0 Å². The van der Waals surface area contributed by atoms with Crippen LogP contribution in [0.15, 0.2) is 107 Å².